The van der Waals surface area contributed by atoms with Crippen molar-refractivity contribution in [3.8, 4) is 0 Å². The van der Waals surface area contributed by atoms with E-state index in [9.17, 15) is 13.2 Å². The molecule has 0 bridgehead atoms. The van der Waals surface area contributed by atoms with Crippen LogP contribution >= 0.6 is 0 Å². The van der Waals surface area contributed by atoms with E-state index in [4.69, 9.17) is 5.73 Å². The third-order valence-electron chi connectivity index (χ3n) is 1.55. The number of hydrogen-bond donors (Lipinski definition) is 1. The van der Waals surface area contributed by atoms with Crippen molar-refractivity contribution in [1.82, 2.24) is 14.8 Å². The quantitative estimate of drug-likeness (QED) is 0.796. The van der Waals surface area contributed by atoms with Crippen molar-refractivity contribution >= 4 is 0 Å². The Morgan fingerprint density at radius 2 is 2.21 bits per heavy atom. The summed E-state index contributed by atoms with van der Waals surface area (Å²) < 4.78 is 37.0. The number of nitrogens with two attached hydrogens (primary N) is 1. The molecule has 1 unspecified atom stereocenters. The molecule has 0 aromatic carbocycles. The maximum atomic E-state index is 12.0. The summed E-state index contributed by atoms with van der Waals surface area (Å²) in [5.74, 6) is 0.261. The first-order valence-electron chi connectivity index (χ1n) is 4.07. The molecule has 1 rings (SSSR count). The first kappa shape index (κ1) is 11.0. The van der Waals surface area contributed by atoms with Gasteiger partial charge in [-0.1, -0.05) is 0 Å². The molecular formula is C7H11F3N4. The van der Waals surface area contributed by atoms with Crippen LogP contribution in [-0.4, -0.2) is 27.0 Å². The topological polar surface area (TPSA) is 56.7 Å². The normalized spacial score (nSPS) is 14.4. The first-order valence-corrected chi connectivity index (χ1v) is 4.07. The summed E-state index contributed by atoms with van der Waals surface area (Å²) in [6.45, 7) is 0.634. The number of halogens is 3. The Kier molecular flexibility index (Phi) is 3.10. The summed E-state index contributed by atoms with van der Waals surface area (Å²) in [6, 6.07) is -0.230. The van der Waals surface area contributed by atoms with Crippen LogP contribution in [0.15, 0.2) is 6.33 Å². The predicted octanol–water partition coefficient (Wildman–Crippen LogP) is 0.730. The molecule has 0 aliphatic heterocycles. The highest BCUT2D eigenvalue weighted by Gasteiger charge is 2.29. The van der Waals surface area contributed by atoms with Gasteiger partial charge in [-0.15, -0.1) is 10.2 Å². The third-order valence-corrected chi connectivity index (χ3v) is 1.55. The van der Waals surface area contributed by atoms with Crippen molar-refractivity contribution in [1.29, 1.82) is 0 Å². The second kappa shape index (κ2) is 3.95. The number of nitrogens with zero attached hydrogens (tertiary/aromatic N) is 3. The predicted molar refractivity (Wildman–Crippen MR) is 43.4 cm³/mol. The molecule has 0 amide bonds. The zero-order chi connectivity index (χ0) is 10.8. The van der Waals surface area contributed by atoms with Gasteiger partial charge in [0.25, 0.3) is 0 Å². The molecular weight excluding hydrogens is 197 g/mol. The van der Waals surface area contributed by atoms with E-state index in [0.717, 1.165) is 10.9 Å². The first-order chi connectivity index (χ1) is 6.38. The SMILES string of the molecule is CC(N)Cc1nncn1CC(F)(F)F. The van der Waals surface area contributed by atoms with Crippen LogP contribution in [0.4, 0.5) is 13.2 Å². The Morgan fingerprint density at radius 3 is 2.71 bits per heavy atom. The number of aromatic nitrogens is 3. The molecule has 0 aliphatic rings. The zero-order valence-corrected chi connectivity index (χ0v) is 7.62. The van der Waals surface area contributed by atoms with Gasteiger partial charge in [-0.3, -0.25) is 0 Å². The van der Waals surface area contributed by atoms with Crippen molar-refractivity contribution < 1.29 is 13.2 Å². The largest absolute Gasteiger partial charge is 0.406 e. The lowest BCUT2D eigenvalue weighted by Gasteiger charge is -2.10. The van der Waals surface area contributed by atoms with Gasteiger partial charge in [0.2, 0.25) is 0 Å². The summed E-state index contributed by atoms with van der Waals surface area (Å²) in [5, 5.41) is 6.99. The van der Waals surface area contributed by atoms with E-state index in [1.54, 1.807) is 6.92 Å². The molecule has 7 heteroatoms. The van der Waals surface area contributed by atoms with Gasteiger partial charge in [0.1, 0.15) is 18.7 Å². The molecule has 1 aromatic heterocycles. The molecule has 2 N–H and O–H groups in total. The fourth-order valence-corrected chi connectivity index (χ4v) is 1.05. The third kappa shape index (κ3) is 3.33. The highest BCUT2D eigenvalue weighted by molar-refractivity contribution is 4.89. The molecule has 0 saturated heterocycles. The Bertz CT molecular complexity index is 291. The van der Waals surface area contributed by atoms with E-state index < -0.39 is 12.7 Å². The maximum Gasteiger partial charge on any atom is 0.406 e. The monoisotopic (exact) mass is 208 g/mol. The molecule has 0 radical (unpaired) electrons. The summed E-state index contributed by atoms with van der Waals surface area (Å²) in [7, 11) is 0. The van der Waals surface area contributed by atoms with E-state index in [1.807, 2.05) is 0 Å². The Balaban J connectivity index is 2.72. The standard InChI is InChI=1S/C7H11F3N4/c1-5(11)2-6-13-12-4-14(6)3-7(8,9)10/h4-5H,2-3,11H2,1H3. The average molecular weight is 208 g/mol. The van der Waals surface area contributed by atoms with Gasteiger partial charge >= 0.3 is 6.18 Å². The molecule has 0 saturated carbocycles. The van der Waals surface area contributed by atoms with Crippen LogP contribution in [0.5, 0.6) is 0 Å². The van der Waals surface area contributed by atoms with Gasteiger partial charge < -0.3 is 10.3 Å². The van der Waals surface area contributed by atoms with Crippen molar-refractivity contribution in [2.45, 2.75) is 32.1 Å². The van der Waals surface area contributed by atoms with Crippen LogP contribution in [-0.2, 0) is 13.0 Å². The smallest absolute Gasteiger partial charge is 0.328 e. The fraction of sp³-hybridized carbons (Fsp3) is 0.714. The molecule has 1 aromatic rings. The minimum atomic E-state index is -4.25. The van der Waals surface area contributed by atoms with Crippen molar-refractivity contribution in [3.63, 3.8) is 0 Å². The molecule has 0 aliphatic carbocycles. The fourth-order valence-electron chi connectivity index (χ4n) is 1.05. The summed E-state index contributed by atoms with van der Waals surface area (Å²) in [6.07, 6.45) is -2.91. The summed E-state index contributed by atoms with van der Waals surface area (Å²) >= 11 is 0. The highest BCUT2D eigenvalue weighted by atomic mass is 19.4. The van der Waals surface area contributed by atoms with E-state index in [2.05, 4.69) is 10.2 Å². The van der Waals surface area contributed by atoms with E-state index in [1.165, 1.54) is 0 Å². The van der Waals surface area contributed by atoms with Crippen molar-refractivity contribution in [3.05, 3.63) is 12.2 Å². The zero-order valence-electron chi connectivity index (χ0n) is 7.62. The lowest BCUT2D eigenvalue weighted by molar-refractivity contribution is -0.141. The summed E-state index contributed by atoms with van der Waals surface area (Å²) in [5.41, 5.74) is 5.45. The second-order valence-electron chi connectivity index (χ2n) is 3.17. The molecule has 1 heterocycles. The summed E-state index contributed by atoms with van der Waals surface area (Å²) in [4.78, 5) is 0. The second-order valence-corrected chi connectivity index (χ2v) is 3.17. The van der Waals surface area contributed by atoms with Gasteiger partial charge in [-0.05, 0) is 6.92 Å². The highest BCUT2D eigenvalue weighted by Crippen LogP contribution is 2.18. The van der Waals surface area contributed by atoms with Crippen molar-refractivity contribution in [2.24, 2.45) is 5.73 Å². The molecule has 4 nitrogen and oxygen atoms in total. The van der Waals surface area contributed by atoms with Crippen LogP contribution < -0.4 is 5.73 Å². The van der Waals surface area contributed by atoms with Gasteiger partial charge in [0, 0.05) is 12.5 Å². The van der Waals surface area contributed by atoms with Crippen LogP contribution in [0.2, 0.25) is 0 Å². The van der Waals surface area contributed by atoms with Crippen molar-refractivity contribution in [2.75, 3.05) is 0 Å². The molecule has 1 atom stereocenters. The van der Waals surface area contributed by atoms with E-state index in [0.29, 0.717) is 0 Å². The van der Waals surface area contributed by atoms with Crippen LogP contribution in [0.1, 0.15) is 12.7 Å². The van der Waals surface area contributed by atoms with E-state index in [-0.39, 0.29) is 18.3 Å². The van der Waals surface area contributed by atoms with Crippen LogP contribution in [0.25, 0.3) is 0 Å². The number of rotatable bonds is 3. The Hall–Kier alpha value is -1.11. The number of hydrogen-bond acceptors (Lipinski definition) is 3. The average Bonchev–Trinajstić information content (AvgIpc) is 2.32. The lowest BCUT2D eigenvalue weighted by atomic mass is 10.2. The minimum absolute atomic E-state index is 0.230. The van der Waals surface area contributed by atoms with Crippen LogP contribution in [0, 0.1) is 0 Å². The van der Waals surface area contributed by atoms with Gasteiger partial charge in [-0.2, -0.15) is 13.2 Å². The van der Waals surface area contributed by atoms with Gasteiger partial charge in [-0.25, -0.2) is 0 Å². The maximum absolute atomic E-state index is 12.0. The Labute approximate surface area is 78.9 Å². The molecule has 0 spiro atoms. The Morgan fingerprint density at radius 1 is 1.57 bits per heavy atom. The molecule has 0 fully saturated rings. The van der Waals surface area contributed by atoms with Crippen LogP contribution in [0.3, 0.4) is 0 Å². The lowest BCUT2D eigenvalue weighted by Crippen LogP contribution is -2.24. The number of alkyl halides is 3. The minimum Gasteiger partial charge on any atom is -0.328 e. The van der Waals surface area contributed by atoms with Gasteiger partial charge in [0.15, 0.2) is 0 Å². The van der Waals surface area contributed by atoms with Gasteiger partial charge in [0.05, 0.1) is 0 Å². The molecule has 80 valence electrons. The molecule has 14 heavy (non-hydrogen) atoms. The van der Waals surface area contributed by atoms with E-state index >= 15 is 0 Å².